The van der Waals surface area contributed by atoms with Gasteiger partial charge in [-0.15, -0.1) is 0 Å². The van der Waals surface area contributed by atoms with Gasteiger partial charge in [0.2, 0.25) is 5.91 Å². The van der Waals surface area contributed by atoms with E-state index in [0.29, 0.717) is 19.0 Å². The number of piperidine rings is 1. The molecule has 2 N–H and O–H groups in total. The average molecular weight is 280 g/mol. The van der Waals surface area contributed by atoms with Crippen molar-refractivity contribution in [2.24, 2.45) is 13.0 Å². The molecule has 0 aromatic carbocycles. The van der Waals surface area contributed by atoms with Crippen LogP contribution < -0.4 is 5.32 Å². The predicted molar refractivity (Wildman–Crippen MR) is 77.5 cm³/mol. The Morgan fingerprint density at radius 2 is 2.20 bits per heavy atom. The van der Waals surface area contributed by atoms with E-state index >= 15 is 0 Å². The van der Waals surface area contributed by atoms with Gasteiger partial charge in [0.05, 0.1) is 29.7 Å². The van der Waals surface area contributed by atoms with Gasteiger partial charge in [-0.1, -0.05) is 6.92 Å². The molecule has 2 rings (SSSR count). The molecule has 112 valence electrons. The van der Waals surface area contributed by atoms with Crippen LogP contribution in [0.4, 0.5) is 5.69 Å². The molecule has 1 aromatic rings. The summed E-state index contributed by atoms with van der Waals surface area (Å²) in [4.78, 5) is 14.1. The van der Waals surface area contributed by atoms with Gasteiger partial charge < -0.3 is 10.4 Å². The zero-order chi connectivity index (χ0) is 14.9. The number of aliphatic hydroxyl groups is 1. The summed E-state index contributed by atoms with van der Waals surface area (Å²) >= 11 is 0. The predicted octanol–water partition coefficient (Wildman–Crippen LogP) is 0.678. The number of amides is 1. The summed E-state index contributed by atoms with van der Waals surface area (Å²) < 4.78 is 1.76. The molecule has 2 unspecified atom stereocenters. The fourth-order valence-corrected chi connectivity index (χ4v) is 2.59. The van der Waals surface area contributed by atoms with Crippen molar-refractivity contribution >= 4 is 11.6 Å². The first-order valence-electron chi connectivity index (χ1n) is 7.09. The fraction of sp³-hybridized carbons (Fsp3) is 0.714. The monoisotopic (exact) mass is 280 g/mol. The number of hydrogen-bond acceptors (Lipinski definition) is 4. The smallest absolute Gasteiger partial charge is 0.238 e. The van der Waals surface area contributed by atoms with Gasteiger partial charge in [-0.25, -0.2) is 0 Å². The average Bonchev–Trinajstić information content (AvgIpc) is 2.61. The second-order valence-corrected chi connectivity index (χ2v) is 5.79. The van der Waals surface area contributed by atoms with Crippen LogP contribution in [0.25, 0.3) is 0 Å². The number of aryl methyl sites for hydroxylation is 2. The van der Waals surface area contributed by atoms with Crippen LogP contribution in [0.1, 0.15) is 24.7 Å². The molecule has 0 spiro atoms. The van der Waals surface area contributed by atoms with Crippen molar-refractivity contribution in [3.05, 3.63) is 11.4 Å². The maximum absolute atomic E-state index is 12.1. The van der Waals surface area contributed by atoms with Gasteiger partial charge in [0.1, 0.15) is 0 Å². The summed E-state index contributed by atoms with van der Waals surface area (Å²) in [6.07, 6.45) is 0.595. The number of β-amino-alcohol motifs (C(OH)–C–C–N with tert-alkyl or cyclic N) is 1. The Balaban J connectivity index is 1.93. The third-order valence-corrected chi connectivity index (χ3v) is 4.14. The van der Waals surface area contributed by atoms with E-state index in [1.807, 2.05) is 32.7 Å². The van der Waals surface area contributed by atoms with Gasteiger partial charge >= 0.3 is 0 Å². The molecule has 1 saturated heterocycles. The third kappa shape index (κ3) is 3.19. The quantitative estimate of drug-likeness (QED) is 0.854. The van der Waals surface area contributed by atoms with E-state index in [1.54, 1.807) is 4.68 Å². The van der Waals surface area contributed by atoms with E-state index in [9.17, 15) is 9.90 Å². The summed E-state index contributed by atoms with van der Waals surface area (Å²) in [6.45, 7) is 7.61. The molecule has 1 amide bonds. The zero-order valence-corrected chi connectivity index (χ0v) is 12.7. The van der Waals surface area contributed by atoms with Gasteiger partial charge in [0, 0.05) is 13.6 Å². The summed E-state index contributed by atoms with van der Waals surface area (Å²) in [5.74, 6) is 0.267. The minimum Gasteiger partial charge on any atom is -0.392 e. The molecule has 20 heavy (non-hydrogen) atoms. The van der Waals surface area contributed by atoms with Crippen molar-refractivity contribution in [1.82, 2.24) is 14.7 Å². The van der Waals surface area contributed by atoms with Crippen molar-refractivity contribution in [3.8, 4) is 0 Å². The van der Waals surface area contributed by atoms with Crippen LogP contribution in [0.3, 0.4) is 0 Å². The highest BCUT2D eigenvalue weighted by Gasteiger charge is 2.25. The van der Waals surface area contributed by atoms with Crippen LogP contribution >= 0.6 is 0 Å². The van der Waals surface area contributed by atoms with Crippen LogP contribution in [0.15, 0.2) is 0 Å². The Morgan fingerprint density at radius 1 is 1.50 bits per heavy atom. The lowest BCUT2D eigenvalue weighted by Crippen LogP contribution is -2.45. The number of nitrogens with zero attached hydrogens (tertiary/aromatic N) is 3. The fourth-order valence-electron chi connectivity index (χ4n) is 2.59. The molecule has 0 bridgehead atoms. The Morgan fingerprint density at radius 3 is 2.75 bits per heavy atom. The minimum atomic E-state index is -0.335. The largest absolute Gasteiger partial charge is 0.392 e. The van der Waals surface area contributed by atoms with Gasteiger partial charge in [0.25, 0.3) is 0 Å². The molecular weight excluding hydrogens is 256 g/mol. The molecule has 2 heterocycles. The summed E-state index contributed by atoms with van der Waals surface area (Å²) in [6, 6.07) is 0. The van der Waals surface area contributed by atoms with Crippen LogP contribution in [0.5, 0.6) is 0 Å². The van der Waals surface area contributed by atoms with Crippen molar-refractivity contribution in [1.29, 1.82) is 0 Å². The molecular formula is C14H24N4O2. The summed E-state index contributed by atoms with van der Waals surface area (Å²) in [5.41, 5.74) is 2.57. The molecule has 2 atom stereocenters. The molecule has 6 nitrogen and oxygen atoms in total. The van der Waals surface area contributed by atoms with E-state index in [1.165, 1.54) is 0 Å². The van der Waals surface area contributed by atoms with Crippen LogP contribution in [0, 0.1) is 19.8 Å². The lowest BCUT2D eigenvalue weighted by molar-refractivity contribution is -0.118. The number of likely N-dealkylation sites (tertiary alicyclic amines) is 1. The van der Waals surface area contributed by atoms with Crippen molar-refractivity contribution in [2.75, 3.05) is 25.0 Å². The lowest BCUT2D eigenvalue weighted by Gasteiger charge is -2.33. The standard InChI is InChI=1S/C14H24N4O2/c1-9-5-6-18(7-12(9)19)8-13(20)15-14-10(2)16-17(4)11(14)3/h9,12,19H,5-8H2,1-4H3,(H,15,20). The normalized spacial score (nSPS) is 23.9. The Bertz CT molecular complexity index is 498. The van der Waals surface area contributed by atoms with E-state index in [-0.39, 0.29) is 12.0 Å². The van der Waals surface area contributed by atoms with Crippen LogP contribution in [-0.2, 0) is 11.8 Å². The van der Waals surface area contributed by atoms with E-state index in [4.69, 9.17) is 0 Å². The number of carbonyl (C=O) groups is 1. The number of aromatic nitrogens is 2. The summed E-state index contributed by atoms with van der Waals surface area (Å²) in [7, 11) is 1.86. The first kappa shape index (κ1) is 15.0. The molecule has 1 fully saturated rings. The van der Waals surface area contributed by atoms with E-state index < -0.39 is 0 Å². The molecule has 0 radical (unpaired) electrons. The van der Waals surface area contributed by atoms with E-state index in [0.717, 1.165) is 30.0 Å². The van der Waals surface area contributed by atoms with Gasteiger partial charge in [-0.3, -0.25) is 14.4 Å². The van der Waals surface area contributed by atoms with Gasteiger partial charge in [-0.05, 0) is 32.7 Å². The first-order chi connectivity index (χ1) is 9.38. The van der Waals surface area contributed by atoms with Crippen LogP contribution in [0.2, 0.25) is 0 Å². The number of carbonyl (C=O) groups excluding carboxylic acids is 1. The molecule has 1 aliphatic heterocycles. The molecule has 6 heteroatoms. The highest BCUT2D eigenvalue weighted by molar-refractivity contribution is 5.93. The Kier molecular flexibility index (Phi) is 4.45. The highest BCUT2D eigenvalue weighted by atomic mass is 16.3. The molecule has 1 aliphatic rings. The maximum Gasteiger partial charge on any atom is 0.238 e. The van der Waals surface area contributed by atoms with Crippen molar-refractivity contribution in [3.63, 3.8) is 0 Å². The number of rotatable bonds is 3. The second-order valence-electron chi connectivity index (χ2n) is 5.79. The molecule has 0 saturated carbocycles. The molecule has 0 aliphatic carbocycles. The third-order valence-electron chi connectivity index (χ3n) is 4.14. The first-order valence-corrected chi connectivity index (χ1v) is 7.09. The SMILES string of the molecule is Cc1nn(C)c(C)c1NC(=O)CN1CCC(C)C(O)C1. The summed E-state index contributed by atoms with van der Waals surface area (Å²) in [5, 5.41) is 17.1. The Hall–Kier alpha value is -1.40. The lowest BCUT2D eigenvalue weighted by atomic mass is 9.96. The topological polar surface area (TPSA) is 70.4 Å². The highest BCUT2D eigenvalue weighted by Crippen LogP contribution is 2.19. The zero-order valence-electron chi connectivity index (χ0n) is 12.7. The van der Waals surface area contributed by atoms with Crippen molar-refractivity contribution in [2.45, 2.75) is 33.3 Å². The van der Waals surface area contributed by atoms with Crippen LogP contribution in [-0.4, -0.2) is 51.4 Å². The van der Waals surface area contributed by atoms with E-state index in [2.05, 4.69) is 10.4 Å². The van der Waals surface area contributed by atoms with Gasteiger partial charge in [0.15, 0.2) is 0 Å². The second kappa shape index (κ2) is 5.93. The van der Waals surface area contributed by atoms with Gasteiger partial charge in [-0.2, -0.15) is 5.10 Å². The minimum absolute atomic E-state index is 0.0500. The number of hydrogen-bond donors (Lipinski definition) is 2. The number of anilines is 1. The Labute approximate surface area is 119 Å². The maximum atomic E-state index is 12.1. The number of aliphatic hydroxyl groups excluding tert-OH is 1. The van der Waals surface area contributed by atoms with Crippen molar-refractivity contribution < 1.29 is 9.90 Å². The number of nitrogens with one attached hydrogen (secondary N) is 1. The molecule has 1 aromatic heterocycles.